The van der Waals surface area contributed by atoms with Crippen molar-refractivity contribution in [1.29, 1.82) is 0 Å². The second kappa shape index (κ2) is 4.36. The molecule has 0 aliphatic rings. The highest BCUT2D eigenvalue weighted by molar-refractivity contribution is 7.89. The topological polar surface area (TPSA) is 91.8 Å². The molecule has 13 heavy (non-hydrogen) atoms. The molecule has 0 aromatic carbocycles. The van der Waals surface area contributed by atoms with Gasteiger partial charge in [-0.15, -0.1) is 0 Å². The molecule has 0 fully saturated rings. The van der Waals surface area contributed by atoms with E-state index in [0.29, 0.717) is 0 Å². The quantitative estimate of drug-likeness (QED) is 0.623. The first-order valence-electron chi connectivity index (χ1n) is 3.58. The van der Waals surface area contributed by atoms with Crippen LogP contribution in [0, 0.1) is 0 Å². The smallest absolute Gasteiger partial charge is 0.266 e. The Morgan fingerprint density at radius 1 is 1.23 bits per heavy atom. The van der Waals surface area contributed by atoms with E-state index in [-0.39, 0.29) is 12.3 Å². The molecule has 0 saturated heterocycles. The normalized spacial score (nSPS) is 13.5. The molecule has 0 bridgehead atoms. The van der Waals surface area contributed by atoms with Gasteiger partial charge in [0.1, 0.15) is 0 Å². The van der Waals surface area contributed by atoms with E-state index >= 15 is 0 Å². The van der Waals surface area contributed by atoms with Crippen LogP contribution < -0.4 is 0 Å². The standard InChI is InChI=1S/C5H13NO5S2/c1-3-12(7,8)6(2)4-5-13(9,10)11/h3-5H2,1-2H3,(H,9,10,11). The molecule has 0 amide bonds. The van der Waals surface area contributed by atoms with Gasteiger partial charge in [0, 0.05) is 13.6 Å². The Balaban J connectivity index is 4.27. The monoisotopic (exact) mass is 231 g/mol. The molecule has 80 valence electrons. The maximum atomic E-state index is 11.1. The van der Waals surface area contributed by atoms with E-state index in [1.54, 1.807) is 0 Å². The Morgan fingerprint density at radius 3 is 2.00 bits per heavy atom. The first kappa shape index (κ1) is 12.8. The highest BCUT2D eigenvalue weighted by Crippen LogP contribution is 1.97. The van der Waals surface area contributed by atoms with E-state index in [1.807, 2.05) is 0 Å². The molecular weight excluding hydrogens is 218 g/mol. The Morgan fingerprint density at radius 2 is 1.69 bits per heavy atom. The fourth-order valence-corrected chi connectivity index (χ4v) is 2.03. The highest BCUT2D eigenvalue weighted by Gasteiger charge is 2.17. The van der Waals surface area contributed by atoms with Crippen molar-refractivity contribution in [2.45, 2.75) is 6.92 Å². The first-order valence-corrected chi connectivity index (χ1v) is 6.80. The van der Waals surface area contributed by atoms with Crippen molar-refractivity contribution in [3.8, 4) is 0 Å². The van der Waals surface area contributed by atoms with Crippen LogP contribution in [0.2, 0.25) is 0 Å². The summed E-state index contributed by atoms with van der Waals surface area (Å²) in [5, 5.41) is 0. The molecule has 0 rings (SSSR count). The SMILES string of the molecule is CCS(=O)(=O)N(C)CCS(=O)(=O)O. The van der Waals surface area contributed by atoms with Crippen LogP contribution in [0.3, 0.4) is 0 Å². The molecule has 0 aliphatic carbocycles. The van der Waals surface area contributed by atoms with Gasteiger partial charge in [-0.2, -0.15) is 8.42 Å². The van der Waals surface area contributed by atoms with Crippen LogP contribution in [-0.4, -0.2) is 50.8 Å². The molecule has 0 radical (unpaired) electrons. The van der Waals surface area contributed by atoms with Crippen molar-refractivity contribution in [3.63, 3.8) is 0 Å². The van der Waals surface area contributed by atoms with E-state index in [2.05, 4.69) is 0 Å². The number of rotatable bonds is 5. The minimum Gasteiger partial charge on any atom is -0.286 e. The minimum absolute atomic E-state index is 0.0883. The van der Waals surface area contributed by atoms with Crippen LogP contribution in [0.4, 0.5) is 0 Å². The van der Waals surface area contributed by atoms with Gasteiger partial charge >= 0.3 is 0 Å². The third-order valence-corrected chi connectivity index (χ3v) is 4.06. The molecule has 0 aromatic rings. The van der Waals surface area contributed by atoms with Crippen molar-refractivity contribution < 1.29 is 21.4 Å². The Labute approximate surface area is 78.3 Å². The van der Waals surface area contributed by atoms with Crippen molar-refractivity contribution in [3.05, 3.63) is 0 Å². The lowest BCUT2D eigenvalue weighted by Crippen LogP contribution is -2.32. The van der Waals surface area contributed by atoms with Gasteiger partial charge in [0.25, 0.3) is 10.1 Å². The van der Waals surface area contributed by atoms with E-state index in [9.17, 15) is 16.8 Å². The summed E-state index contributed by atoms with van der Waals surface area (Å²) in [6, 6.07) is 0. The van der Waals surface area contributed by atoms with E-state index in [4.69, 9.17) is 4.55 Å². The van der Waals surface area contributed by atoms with E-state index in [1.165, 1.54) is 14.0 Å². The van der Waals surface area contributed by atoms with Crippen LogP contribution in [-0.2, 0) is 20.1 Å². The van der Waals surface area contributed by atoms with Crippen molar-refractivity contribution in [2.24, 2.45) is 0 Å². The number of hydrogen-bond acceptors (Lipinski definition) is 4. The molecule has 0 spiro atoms. The second-order valence-corrected chi connectivity index (χ2v) is 6.44. The van der Waals surface area contributed by atoms with Crippen LogP contribution >= 0.6 is 0 Å². The van der Waals surface area contributed by atoms with Gasteiger partial charge in [0.15, 0.2) is 0 Å². The van der Waals surface area contributed by atoms with Crippen LogP contribution in [0.5, 0.6) is 0 Å². The summed E-state index contributed by atoms with van der Waals surface area (Å²) in [5.74, 6) is -0.669. The van der Waals surface area contributed by atoms with Gasteiger partial charge in [-0.1, -0.05) is 0 Å². The zero-order chi connectivity index (χ0) is 10.7. The second-order valence-electron chi connectivity index (χ2n) is 2.51. The summed E-state index contributed by atoms with van der Waals surface area (Å²) in [6.07, 6.45) is 0. The van der Waals surface area contributed by atoms with E-state index < -0.39 is 25.9 Å². The lowest BCUT2D eigenvalue weighted by atomic mass is 10.8. The summed E-state index contributed by atoms with van der Waals surface area (Å²) in [6.45, 7) is 1.23. The summed E-state index contributed by atoms with van der Waals surface area (Å²) < 4.78 is 52.0. The zero-order valence-corrected chi connectivity index (χ0v) is 9.10. The number of nitrogens with zero attached hydrogens (tertiary/aromatic N) is 1. The lowest BCUT2D eigenvalue weighted by molar-refractivity contribution is 0.459. The van der Waals surface area contributed by atoms with Gasteiger partial charge < -0.3 is 0 Å². The number of hydrogen-bond donors (Lipinski definition) is 1. The Hall–Kier alpha value is -0.180. The van der Waals surface area contributed by atoms with Gasteiger partial charge in [-0.3, -0.25) is 4.55 Å². The fraction of sp³-hybridized carbons (Fsp3) is 1.00. The minimum atomic E-state index is -4.09. The molecule has 0 aromatic heterocycles. The third kappa shape index (κ3) is 5.19. The molecule has 0 unspecified atom stereocenters. The average Bonchev–Trinajstić information content (AvgIpc) is 1.98. The van der Waals surface area contributed by atoms with Crippen LogP contribution in [0.15, 0.2) is 0 Å². The van der Waals surface area contributed by atoms with E-state index in [0.717, 1.165) is 4.31 Å². The predicted octanol–water partition coefficient (Wildman–Crippen LogP) is -0.844. The highest BCUT2D eigenvalue weighted by atomic mass is 32.2. The lowest BCUT2D eigenvalue weighted by Gasteiger charge is -2.14. The third-order valence-electron chi connectivity index (χ3n) is 1.50. The van der Waals surface area contributed by atoms with Crippen molar-refractivity contribution in [1.82, 2.24) is 4.31 Å². The van der Waals surface area contributed by atoms with Crippen LogP contribution in [0.1, 0.15) is 6.92 Å². The van der Waals surface area contributed by atoms with Crippen molar-refractivity contribution in [2.75, 3.05) is 25.1 Å². The van der Waals surface area contributed by atoms with Gasteiger partial charge in [0.2, 0.25) is 10.0 Å². The number of sulfonamides is 1. The van der Waals surface area contributed by atoms with Gasteiger partial charge in [-0.25, -0.2) is 12.7 Å². The Bertz CT molecular complexity index is 343. The molecule has 1 N–H and O–H groups in total. The summed E-state index contributed by atoms with van der Waals surface area (Å²) >= 11 is 0. The molecule has 6 nitrogen and oxygen atoms in total. The van der Waals surface area contributed by atoms with Gasteiger partial charge in [-0.05, 0) is 6.92 Å². The molecule has 0 atom stereocenters. The molecular formula is C5H13NO5S2. The fourth-order valence-electron chi connectivity index (χ4n) is 0.603. The summed E-state index contributed by atoms with van der Waals surface area (Å²) in [4.78, 5) is 0. The maximum Gasteiger partial charge on any atom is 0.266 e. The van der Waals surface area contributed by atoms with Crippen LogP contribution in [0.25, 0.3) is 0 Å². The predicted molar refractivity (Wildman–Crippen MR) is 48.5 cm³/mol. The largest absolute Gasteiger partial charge is 0.286 e. The van der Waals surface area contributed by atoms with Crippen molar-refractivity contribution >= 4 is 20.1 Å². The molecule has 0 saturated carbocycles. The zero-order valence-electron chi connectivity index (χ0n) is 7.47. The maximum absolute atomic E-state index is 11.1. The van der Waals surface area contributed by atoms with Gasteiger partial charge in [0.05, 0.1) is 11.5 Å². The summed E-state index contributed by atoms with van der Waals surface area (Å²) in [7, 11) is -6.19. The Kier molecular flexibility index (Phi) is 4.30. The molecule has 0 heterocycles. The first-order chi connectivity index (χ1) is 5.69. The average molecular weight is 231 g/mol. The molecule has 8 heteroatoms. The molecule has 0 aliphatic heterocycles. The summed E-state index contributed by atoms with van der Waals surface area (Å²) in [5.41, 5.74) is 0.